The highest BCUT2D eigenvalue weighted by Crippen LogP contribution is 2.47. The lowest BCUT2D eigenvalue weighted by Gasteiger charge is -2.40. The minimum absolute atomic E-state index is 0.125. The van der Waals surface area contributed by atoms with E-state index in [4.69, 9.17) is 0 Å². The van der Waals surface area contributed by atoms with E-state index in [1.165, 1.54) is 0 Å². The Balaban J connectivity index is 2.11. The number of halogens is 1. The molecule has 3 rings (SSSR count). The molecular formula is C19H21FO. The second kappa shape index (κ2) is 5.51. The Morgan fingerprint density at radius 1 is 1.00 bits per heavy atom. The fourth-order valence-electron chi connectivity index (χ4n) is 3.60. The van der Waals surface area contributed by atoms with Crippen molar-refractivity contribution in [3.63, 3.8) is 0 Å². The van der Waals surface area contributed by atoms with Gasteiger partial charge in [0.2, 0.25) is 0 Å². The van der Waals surface area contributed by atoms with Crippen molar-refractivity contribution in [2.45, 2.75) is 38.0 Å². The highest BCUT2D eigenvalue weighted by molar-refractivity contribution is 5.42. The smallest absolute Gasteiger partial charge is 0.127 e. The first kappa shape index (κ1) is 14.1. The minimum Gasteiger partial charge on any atom is -0.508 e. The summed E-state index contributed by atoms with van der Waals surface area (Å²) in [5, 5.41) is 9.53. The van der Waals surface area contributed by atoms with Crippen molar-refractivity contribution in [2.24, 2.45) is 5.92 Å². The average molecular weight is 284 g/mol. The first-order chi connectivity index (χ1) is 10.1. The Kier molecular flexibility index (Phi) is 3.71. The molecular weight excluding hydrogens is 263 g/mol. The Hall–Kier alpha value is -1.83. The molecule has 1 aliphatic carbocycles. The Morgan fingerprint density at radius 2 is 1.62 bits per heavy atom. The second-order valence-electron chi connectivity index (χ2n) is 6.29. The molecule has 0 saturated heterocycles. The van der Waals surface area contributed by atoms with Gasteiger partial charge in [0, 0.05) is 5.41 Å². The molecule has 1 N–H and O–H groups in total. The summed E-state index contributed by atoms with van der Waals surface area (Å²) in [7, 11) is 0. The van der Waals surface area contributed by atoms with Crippen LogP contribution in [0.4, 0.5) is 4.39 Å². The molecule has 21 heavy (non-hydrogen) atoms. The molecule has 1 aliphatic rings. The fraction of sp³-hybridized carbons (Fsp3) is 0.368. The van der Waals surface area contributed by atoms with Gasteiger partial charge in [-0.05, 0) is 60.9 Å². The van der Waals surface area contributed by atoms with Crippen LogP contribution in [0.5, 0.6) is 5.75 Å². The van der Waals surface area contributed by atoms with Gasteiger partial charge in [0.25, 0.3) is 0 Å². The summed E-state index contributed by atoms with van der Waals surface area (Å²) in [6.07, 6.45) is 4.13. The van der Waals surface area contributed by atoms with Crippen molar-refractivity contribution in [1.82, 2.24) is 0 Å². The zero-order chi connectivity index (χ0) is 14.9. The van der Waals surface area contributed by atoms with Gasteiger partial charge in [-0.2, -0.15) is 0 Å². The first-order valence-electron chi connectivity index (χ1n) is 7.66. The molecule has 1 nitrogen and oxygen atoms in total. The van der Waals surface area contributed by atoms with Crippen molar-refractivity contribution in [1.29, 1.82) is 0 Å². The molecule has 1 fully saturated rings. The topological polar surface area (TPSA) is 20.2 Å². The second-order valence-corrected chi connectivity index (χ2v) is 6.29. The highest BCUT2D eigenvalue weighted by Gasteiger charge is 2.39. The van der Waals surface area contributed by atoms with Gasteiger partial charge < -0.3 is 5.11 Å². The predicted molar refractivity (Wildman–Crippen MR) is 82.9 cm³/mol. The van der Waals surface area contributed by atoms with Crippen LogP contribution in [0.15, 0.2) is 48.5 Å². The maximum absolute atomic E-state index is 14.4. The summed E-state index contributed by atoms with van der Waals surface area (Å²) in [6, 6.07) is 14.4. The van der Waals surface area contributed by atoms with Crippen LogP contribution in [0.1, 0.15) is 43.7 Å². The Labute approximate surface area is 125 Å². The van der Waals surface area contributed by atoms with Gasteiger partial charge in [0.05, 0.1) is 0 Å². The maximum atomic E-state index is 14.4. The monoisotopic (exact) mass is 284 g/mol. The lowest BCUT2D eigenvalue weighted by Crippen LogP contribution is -2.33. The van der Waals surface area contributed by atoms with Crippen LogP contribution in [0, 0.1) is 11.7 Å². The number of aromatic hydroxyl groups is 1. The molecule has 2 heteroatoms. The summed E-state index contributed by atoms with van der Waals surface area (Å²) in [5.74, 6) is 0.828. The molecule has 0 aliphatic heterocycles. The van der Waals surface area contributed by atoms with E-state index < -0.39 is 0 Å². The van der Waals surface area contributed by atoms with Crippen molar-refractivity contribution >= 4 is 0 Å². The van der Waals surface area contributed by atoms with Crippen molar-refractivity contribution in [3.8, 4) is 5.75 Å². The van der Waals surface area contributed by atoms with Gasteiger partial charge in [0.1, 0.15) is 11.6 Å². The van der Waals surface area contributed by atoms with E-state index in [9.17, 15) is 9.50 Å². The quantitative estimate of drug-likeness (QED) is 0.820. The van der Waals surface area contributed by atoms with Gasteiger partial charge in [-0.25, -0.2) is 4.39 Å². The standard InChI is InChI=1S/C19H21FO/c1-14-10-12-19(13-11-14,15-6-8-16(21)9-7-15)17-4-2-3-5-18(17)20/h2-9,14,21H,10-13H2,1H3. The largest absolute Gasteiger partial charge is 0.508 e. The van der Waals surface area contributed by atoms with Gasteiger partial charge >= 0.3 is 0 Å². The van der Waals surface area contributed by atoms with E-state index >= 15 is 0 Å². The van der Waals surface area contributed by atoms with Crippen LogP contribution < -0.4 is 0 Å². The van der Waals surface area contributed by atoms with Crippen LogP contribution in [-0.2, 0) is 5.41 Å². The highest BCUT2D eigenvalue weighted by atomic mass is 19.1. The number of phenolic OH excluding ortho intramolecular Hbond substituents is 1. The number of benzene rings is 2. The van der Waals surface area contributed by atoms with Gasteiger partial charge in [-0.1, -0.05) is 37.3 Å². The zero-order valence-electron chi connectivity index (χ0n) is 12.3. The Morgan fingerprint density at radius 3 is 2.24 bits per heavy atom. The molecule has 0 atom stereocenters. The third-order valence-electron chi connectivity index (χ3n) is 4.94. The van der Waals surface area contributed by atoms with Gasteiger partial charge in [-0.3, -0.25) is 0 Å². The molecule has 1 saturated carbocycles. The average Bonchev–Trinajstić information content (AvgIpc) is 2.50. The van der Waals surface area contributed by atoms with Gasteiger partial charge in [-0.15, -0.1) is 0 Å². The van der Waals surface area contributed by atoms with Crippen LogP contribution >= 0.6 is 0 Å². The van der Waals surface area contributed by atoms with E-state index in [1.807, 2.05) is 24.3 Å². The molecule has 2 aromatic rings. The molecule has 0 amide bonds. The van der Waals surface area contributed by atoms with E-state index in [0.29, 0.717) is 5.92 Å². The summed E-state index contributed by atoms with van der Waals surface area (Å²) < 4.78 is 14.4. The summed E-state index contributed by atoms with van der Waals surface area (Å²) in [4.78, 5) is 0. The van der Waals surface area contributed by atoms with Crippen molar-refractivity contribution in [2.75, 3.05) is 0 Å². The van der Waals surface area contributed by atoms with Crippen molar-refractivity contribution < 1.29 is 9.50 Å². The van der Waals surface area contributed by atoms with Gasteiger partial charge in [0.15, 0.2) is 0 Å². The SMILES string of the molecule is CC1CCC(c2ccc(O)cc2)(c2ccccc2F)CC1. The number of rotatable bonds is 2. The zero-order valence-corrected chi connectivity index (χ0v) is 12.3. The maximum Gasteiger partial charge on any atom is 0.127 e. The van der Waals surface area contributed by atoms with E-state index in [0.717, 1.165) is 36.8 Å². The minimum atomic E-state index is -0.258. The molecule has 2 aromatic carbocycles. The molecule has 0 radical (unpaired) electrons. The molecule has 0 spiro atoms. The number of phenols is 1. The van der Waals surface area contributed by atoms with Crippen LogP contribution in [-0.4, -0.2) is 5.11 Å². The molecule has 0 heterocycles. The summed E-state index contributed by atoms with van der Waals surface area (Å²) in [6.45, 7) is 2.27. The molecule has 0 unspecified atom stereocenters. The fourth-order valence-corrected chi connectivity index (χ4v) is 3.60. The third kappa shape index (κ3) is 2.55. The first-order valence-corrected chi connectivity index (χ1v) is 7.66. The lowest BCUT2D eigenvalue weighted by molar-refractivity contribution is 0.274. The van der Waals surface area contributed by atoms with Crippen molar-refractivity contribution in [3.05, 3.63) is 65.5 Å². The van der Waals surface area contributed by atoms with Crippen LogP contribution in [0.25, 0.3) is 0 Å². The molecule has 0 aromatic heterocycles. The number of hydrogen-bond donors (Lipinski definition) is 1. The predicted octanol–water partition coefficient (Wildman–Crippen LogP) is 5.03. The molecule has 0 bridgehead atoms. The lowest BCUT2D eigenvalue weighted by atomic mass is 9.63. The van der Waals surface area contributed by atoms with Crippen LogP contribution in [0.2, 0.25) is 0 Å². The number of hydrogen-bond acceptors (Lipinski definition) is 1. The van der Waals surface area contributed by atoms with E-state index in [2.05, 4.69) is 6.92 Å². The third-order valence-corrected chi connectivity index (χ3v) is 4.94. The van der Waals surface area contributed by atoms with E-state index in [1.54, 1.807) is 24.3 Å². The normalized spacial score (nSPS) is 25.7. The Bertz CT molecular complexity index is 610. The van der Waals surface area contributed by atoms with E-state index in [-0.39, 0.29) is 17.0 Å². The van der Waals surface area contributed by atoms with Crippen LogP contribution in [0.3, 0.4) is 0 Å². The summed E-state index contributed by atoms with van der Waals surface area (Å²) >= 11 is 0. The molecule has 110 valence electrons. The summed E-state index contributed by atoms with van der Waals surface area (Å²) in [5.41, 5.74) is 1.64.